The largest absolute Gasteiger partial charge is 0.351 e. The Morgan fingerprint density at radius 1 is 0.653 bits per heavy atom. The lowest BCUT2D eigenvalue weighted by molar-refractivity contribution is 0.664. The minimum atomic E-state index is 0.487. The highest BCUT2D eigenvalue weighted by atomic mass is 35.5. The first kappa shape index (κ1) is 28.8. The van der Waals surface area contributed by atoms with E-state index in [0.717, 1.165) is 55.8 Å². The fraction of sp³-hybridized carbons (Fsp3) is 0.0250. The molecule has 4 aromatic heterocycles. The number of nitrogens with one attached hydrogen (secondary N) is 1. The maximum Gasteiger partial charge on any atom is 0.188 e. The molecule has 49 heavy (non-hydrogen) atoms. The van der Waals surface area contributed by atoms with Crippen molar-refractivity contribution < 1.29 is 0 Å². The average molecular weight is 655 g/mol. The van der Waals surface area contributed by atoms with Crippen LogP contribution >= 0.6 is 11.6 Å². The minimum absolute atomic E-state index is 0.487. The van der Waals surface area contributed by atoms with Gasteiger partial charge in [0.05, 0.1) is 23.6 Å². The lowest BCUT2D eigenvalue weighted by Gasteiger charge is -2.11. The Morgan fingerprint density at radius 2 is 1.31 bits per heavy atom. The Balaban J connectivity index is 1.34. The van der Waals surface area contributed by atoms with Crippen LogP contribution in [0.5, 0.6) is 0 Å². The van der Waals surface area contributed by atoms with Crippen molar-refractivity contribution >= 4 is 33.7 Å². The smallest absolute Gasteiger partial charge is 0.188 e. The lowest BCUT2D eigenvalue weighted by Crippen LogP contribution is -2.08. The zero-order valence-electron chi connectivity index (χ0n) is 26.1. The van der Waals surface area contributed by atoms with Crippen molar-refractivity contribution in [3.05, 3.63) is 156 Å². The third-order valence-electron chi connectivity index (χ3n) is 8.62. The van der Waals surface area contributed by atoms with Crippen LogP contribution in [0.15, 0.2) is 146 Å². The standard InChI is InChI=1S/C40H27ClN8/c41-30-21-22-32-31(23-30)35(29-19-11-4-12-20-29)36(42-32)38-43-39-37(45-47-48(39)25-26-13-5-1-6-14-26)40(44-38)49-34(28-17-9-3-10-18-28)24-33(46-49)27-15-7-2-8-16-27/h1-24,42H,25H2. The lowest BCUT2D eigenvalue weighted by atomic mass is 10.0. The van der Waals surface area contributed by atoms with E-state index in [-0.39, 0.29) is 0 Å². The van der Waals surface area contributed by atoms with E-state index in [0.29, 0.717) is 34.4 Å². The summed E-state index contributed by atoms with van der Waals surface area (Å²) in [5.41, 5.74) is 9.55. The summed E-state index contributed by atoms with van der Waals surface area (Å²) in [4.78, 5) is 14.1. The summed E-state index contributed by atoms with van der Waals surface area (Å²) in [5.74, 6) is 1.01. The summed E-state index contributed by atoms with van der Waals surface area (Å²) < 4.78 is 3.69. The van der Waals surface area contributed by atoms with Crippen molar-refractivity contribution in [1.82, 2.24) is 39.7 Å². The van der Waals surface area contributed by atoms with Gasteiger partial charge in [0.1, 0.15) is 0 Å². The summed E-state index contributed by atoms with van der Waals surface area (Å²) >= 11 is 6.55. The molecule has 0 saturated heterocycles. The SMILES string of the molecule is Clc1ccc2[nH]c(-c3nc(-n4nc(-c5ccccc5)cc4-c4ccccc4)c4nnn(Cc5ccccc5)c4n3)c(-c3ccccc3)c2c1. The summed E-state index contributed by atoms with van der Waals surface area (Å²) in [6, 6.07) is 48.7. The second-order valence-electron chi connectivity index (χ2n) is 11.8. The van der Waals surface area contributed by atoms with Crippen LogP contribution in [-0.4, -0.2) is 39.7 Å². The third-order valence-corrected chi connectivity index (χ3v) is 8.85. The molecular weight excluding hydrogens is 628 g/mol. The monoisotopic (exact) mass is 654 g/mol. The molecule has 8 nitrogen and oxygen atoms in total. The van der Waals surface area contributed by atoms with Crippen molar-refractivity contribution in [2.45, 2.75) is 6.54 Å². The van der Waals surface area contributed by atoms with E-state index in [1.54, 1.807) is 0 Å². The molecule has 234 valence electrons. The first-order chi connectivity index (χ1) is 24.2. The Hall–Kier alpha value is -6.38. The fourth-order valence-electron chi connectivity index (χ4n) is 6.31. The quantitative estimate of drug-likeness (QED) is 0.185. The van der Waals surface area contributed by atoms with Gasteiger partial charge in [0.25, 0.3) is 0 Å². The molecule has 9 aromatic rings. The predicted octanol–water partition coefficient (Wildman–Crippen LogP) is 9.26. The molecule has 0 unspecified atom stereocenters. The van der Waals surface area contributed by atoms with E-state index in [1.165, 1.54) is 0 Å². The number of fused-ring (bicyclic) bond motifs is 2. The van der Waals surface area contributed by atoms with Gasteiger partial charge >= 0.3 is 0 Å². The van der Waals surface area contributed by atoms with E-state index in [4.69, 9.17) is 26.7 Å². The first-order valence-corrected chi connectivity index (χ1v) is 16.3. The molecule has 0 aliphatic rings. The Morgan fingerprint density at radius 3 is 2.02 bits per heavy atom. The predicted molar refractivity (Wildman–Crippen MR) is 194 cm³/mol. The van der Waals surface area contributed by atoms with Crippen molar-refractivity contribution in [3.8, 4) is 51.0 Å². The first-order valence-electron chi connectivity index (χ1n) is 15.9. The van der Waals surface area contributed by atoms with E-state index in [1.807, 2.05) is 100 Å². The van der Waals surface area contributed by atoms with Gasteiger partial charge in [-0.2, -0.15) is 5.10 Å². The van der Waals surface area contributed by atoms with Gasteiger partial charge in [-0.1, -0.05) is 138 Å². The topological polar surface area (TPSA) is 90.1 Å². The normalized spacial score (nSPS) is 11.4. The van der Waals surface area contributed by atoms with Crippen LogP contribution in [0.2, 0.25) is 5.02 Å². The Labute approximate surface area is 286 Å². The number of benzene rings is 5. The number of halogens is 1. The second kappa shape index (κ2) is 12.0. The van der Waals surface area contributed by atoms with Crippen molar-refractivity contribution in [2.75, 3.05) is 0 Å². The molecule has 0 bridgehead atoms. The molecule has 9 heteroatoms. The number of hydrogen-bond acceptors (Lipinski definition) is 5. The highest BCUT2D eigenvalue weighted by Gasteiger charge is 2.25. The Bertz CT molecular complexity index is 2570. The molecule has 0 saturated carbocycles. The van der Waals surface area contributed by atoms with Crippen molar-refractivity contribution in [3.63, 3.8) is 0 Å². The summed E-state index contributed by atoms with van der Waals surface area (Å²) in [7, 11) is 0. The van der Waals surface area contributed by atoms with Crippen LogP contribution in [0, 0.1) is 0 Å². The van der Waals surface area contributed by atoms with Gasteiger partial charge in [0, 0.05) is 32.6 Å². The zero-order chi connectivity index (χ0) is 32.7. The third kappa shape index (κ3) is 5.24. The number of H-pyrrole nitrogens is 1. The molecule has 0 amide bonds. The highest BCUT2D eigenvalue weighted by molar-refractivity contribution is 6.31. The van der Waals surface area contributed by atoms with Gasteiger partial charge in [-0.3, -0.25) is 0 Å². The summed E-state index contributed by atoms with van der Waals surface area (Å²) in [6.45, 7) is 0.487. The summed E-state index contributed by atoms with van der Waals surface area (Å²) in [6.07, 6.45) is 0. The van der Waals surface area contributed by atoms with E-state index < -0.39 is 0 Å². The number of aromatic nitrogens is 8. The molecule has 4 heterocycles. The van der Waals surface area contributed by atoms with Gasteiger partial charge < -0.3 is 4.98 Å². The van der Waals surface area contributed by atoms with Crippen LogP contribution in [-0.2, 0) is 6.54 Å². The van der Waals surface area contributed by atoms with Crippen LogP contribution < -0.4 is 0 Å². The Kier molecular flexibility index (Phi) is 7.06. The number of aromatic amines is 1. The van der Waals surface area contributed by atoms with Crippen LogP contribution in [0.3, 0.4) is 0 Å². The van der Waals surface area contributed by atoms with Gasteiger partial charge in [-0.15, -0.1) is 5.10 Å². The zero-order valence-corrected chi connectivity index (χ0v) is 26.8. The van der Waals surface area contributed by atoms with Crippen molar-refractivity contribution in [1.29, 1.82) is 0 Å². The second-order valence-corrected chi connectivity index (χ2v) is 12.2. The molecule has 0 aliphatic heterocycles. The van der Waals surface area contributed by atoms with Crippen molar-refractivity contribution in [2.24, 2.45) is 0 Å². The molecule has 0 spiro atoms. The van der Waals surface area contributed by atoms with Crippen LogP contribution in [0.25, 0.3) is 73.0 Å². The fourth-order valence-corrected chi connectivity index (χ4v) is 6.48. The summed E-state index contributed by atoms with van der Waals surface area (Å²) in [5, 5.41) is 16.1. The van der Waals surface area contributed by atoms with Gasteiger partial charge in [0.15, 0.2) is 22.8 Å². The van der Waals surface area contributed by atoms with Crippen LogP contribution in [0.4, 0.5) is 0 Å². The van der Waals surface area contributed by atoms with Gasteiger partial charge in [-0.05, 0) is 35.4 Å². The van der Waals surface area contributed by atoms with E-state index in [2.05, 4.69) is 69.9 Å². The molecule has 0 radical (unpaired) electrons. The number of nitrogens with zero attached hydrogens (tertiary/aromatic N) is 7. The van der Waals surface area contributed by atoms with Crippen LogP contribution in [0.1, 0.15) is 5.56 Å². The number of rotatable bonds is 7. The van der Waals surface area contributed by atoms with E-state index >= 15 is 0 Å². The van der Waals surface area contributed by atoms with Gasteiger partial charge in [0.2, 0.25) is 0 Å². The number of hydrogen-bond donors (Lipinski definition) is 1. The molecular formula is C40H27ClN8. The molecule has 9 rings (SSSR count). The highest BCUT2D eigenvalue weighted by Crippen LogP contribution is 2.39. The molecule has 5 aromatic carbocycles. The molecule has 0 atom stereocenters. The molecule has 0 fully saturated rings. The molecule has 1 N–H and O–H groups in total. The molecule has 0 aliphatic carbocycles. The maximum atomic E-state index is 6.55. The minimum Gasteiger partial charge on any atom is -0.351 e. The maximum absolute atomic E-state index is 6.55. The van der Waals surface area contributed by atoms with Gasteiger partial charge in [-0.25, -0.2) is 19.3 Å². The van der Waals surface area contributed by atoms with E-state index in [9.17, 15) is 0 Å². The average Bonchev–Trinajstić information content (AvgIpc) is 3.89.